The number of nitrogens with one attached hydrogen (secondary N) is 2. The number of allylic oxidation sites excluding steroid dienone is 2. The van der Waals surface area contributed by atoms with E-state index < -0.39 is 16.0 Å². The summed E-state index contributed by atoms with van der Waals surface area (Å²) in [6.07, 6.45) is 1.36. The minimum Gasteiger partial charge on any atom is -0.478 e. The number of Topliss-reactive ketones (excluding diaryl/α,β-unsaturated/α-hetero) is 1. The molecule has 1 aliphatic rings. The van der Waals surface area contributed by atoms with Crippen LogP contribution in [0.4, 0.5) is 11.4 Å². The molecule has 3 aromatic carbocycles. The number of rotatable bonds is 6. The first-order valence-electron chi connectivity index (χ1n) is 10.3. The maximum atomic E-state index is 13.1. The van der Waals surface area contributed by atoms with Crippen molar-refractivity contribution in [2.75, 3.05) is 10.6 Å². The third kappa shape index (κ3) is 5.17. The lowest BCUT2D eigenvalue weighted by molar-refractivity contribution is -0.114. The predicted molar refractivity (Wildman–Crippen MR) is 130 cm³/mol. The monoisotopic (exact) mass is 489 g/mol. The second kappa shape index (κ2) is 9.35. The highest BCUT2D eigenvalue weighted by atomic mass is 32.2. The number of carboxylic acids is 1. The Labute approximate surface area is 200 Å². The lowest BCUT2D eigenvalue weighted by Crippen LogP contribution is -2.22. The second-order valence-corrected chi connectivity index (χ2v) is 9.20. The standard InChI is InChI=1S/C25H19N3O6S/c1-15(29)26-17-8-10-18(11-9-17)27-23-14-22(20-4-2-3-5-21(20)24(23)30)28-35(33,34)19-12-6-16(7-13-19)25(31)32/h2-14,27H,1H3,(H,26,29)(H,31,32). The topological polar surface area (TPSA) is 142 Å². The van der Waals surface area contributed by atoms with Gasteiger partial charge in [-0.3, -0.25) is 9.59 Å². The Morgan fingerprint density at radius 2 is 1.46 bits per heavy atom. The first-order chi connectivity index (χ1) is 16.6. The van der Waals surface area contributed by atoms with Crippen LogP contribution < -0.4 is 10.6 Å². The molecule has 3 N–H and O–H groups in total. The van der Waals surface area contributed by atoms with Crippen LogP contribution in [-0.2, 0) is 14.8 Å². The second-order valence-electron chi connectivity index (χ2n) is 7.60. The Hall–Kier alpha value is -4.57. The summed E-state index contributed by atoms with van der Waals surface area (Å²) < 4.78 is 29.9. The smallest absolute Gasteiger partial charge is 0.335 e. The molecule has 0 unspecified atom stereocenters. The normalized spacial score (nSPS) is 14.1. The third-order valence-corrected chi connectivity index (χ3v) is 6.38. The van der Waals surface area contributed by atoms with Gasteiger partial charge in [-0.05, 0) is 54.6 Å². The fourth-order valence-electron chi connectivity index (χ4n) is 3.45. The van der Waals surface area contributed by atoms with E-state index in [1.165, 1.54) is 37.3 Å². The van der Waals surface area contributed by atoms with Gasteiger partial charge in [-0.1, -0.05) is 24.3 Å². The summed E-state index contributed by atoms with van der Waals surface area (Å²) >= 11 is 0. The number of hydrogen-bond donors (Lipinski definition) is 3. The van der Waals surface area contributed by atoms with Gasteiger partial charge >= 0.3 is 5.97 Å². The molecule has 0 spiro atoms. The van der Waals surface area contributed by atoms with Crippen molar-refractivity contribution in [1.29, 1.82) is 0 Å². The summed E-state index contributed by atoms with van der Waals surface area (Å²) in [6.45, 7) is 1.39. The Morgan fingerprint density at radius 1 is 0.857 bits per heavy atom. The minimum atomic E-state index is -4.20. The van der Waals surface area contributed by atoms with Crippen molar-refractivity contribution >= 4 is 44.8 Å². The van der Waals surface area contributed by atoms with Crippen LogP contribution in [0.15, 0.2) is 93.9 Å². The zero-order chi connectivity index (χ0) is 25.2. The third-order valence-electron chi connectivity index (χ3n) is 5.08. The van der Waals surface area contributed by atoms with E-state index in [1.54, 1.807) is 48.5 Å². The average molecular weight is 490 g/mol. The van der Waals surface area contributed by atoms with Gasteiger partial charge in [0, 0.05) is 29.4 Å². The lowest BCUT2D eigenvalue weighted by Gasteiger charge is -2.19. The van der Waals surface area contributed by atoms with Crippen molar-refractivity contribution in [2.24, 2.45) is 4.40 Å². The summed E-state index contributed by atoms with van der Waals surface area (Å²) in [6, 6.07) is 17.9. The van der Waals surface area contributed by atoms with E-state index >= 15 is 0 Å². The number of aromatic carboxylic acids is 1. The van der Waals surface area contributed by atoms with Crippen molar-refractivity contribution in [2.45, 2.75) is 11.8 Å². The van der Waals surface area contributed by atoms with Crippen LogP contribution in [0.3, 0.4) is 0 Å². The van der Waals surface area contributed by atoms with Gasteiger partial charge in [-0.25, -0.2) is 4.79 Å². The van der Waals surface area contributed by atoms with E-state index in [0.717, 1.165) is 0 Å². The van der Waals surface area contributed by atoms with Gasteiger partial charge in [0.2, 0.25) is 11.7 Å². The Balaban J connectivity index is 1.71. The molecular formula is C25H19N3O6S. The van der Waals surface area contributed by atoms with Gasteiger partial charge < -0.3 is 15.7 Å². The van der Waals surface area contributed by atoms with Crippen molar-refractivity contribution in [3.8, 4) is 0 Å². The Bertz CT molecular complexity index is 1510. The number of carboxylic acid groups (broad SMARTS) is 1. The van der Waals surface area contributed by atoms with E-state index in [1.807, 2.05) is 0 Å². The van der Waals surface area contributed by atoms with Gasteiger partial charge in [0.25, 0.3) is 10.0 Å². The number of benzene rings is 3. The van der Waals surface area contributed by atoms with Gasteiger partial charge in [0.15, 0.2) is 0 Å². The van der Waals surface area contributed by atoms with Crippen LogP contribution in [-0.4, -0.2) is 36.9 Å². The van der Waals surface area contributed by atoms with Crippen LogP contribution in [0.25, 0.3) is 0 Å². The number of nitrogens with zero attached hydrogens (tertiary/aromatic N) is 1. The predicted octanol–water partition coefficient (Wildman–Crippen LogP) is 3.71. The number of sulfonamides is 1. The first kappa shape index (κ1) is 23.6. The van der Waals surface area contributed by atoms with E-state index in [-0.39, 0.29) is 39.1 Å². The zero-order valence-electron chi connectivity index (χ0n) is 18.3. The van der Waals surface area contributed by atoms with E-state index in [2.05, 4.69) is 15.0 Å². The number of amides is 1. The number of carbonyl (C=O) groups is 3. The molecule has 10 heteroatoms. The van der Waals surface area contributed by atoms with E-state index in [9.17, 15) is 22.8 Å². The molecule has 3 aromatic rings. The van der Waals surface area contributed by atoms with Crippen molar-refractivity contribution in [3.63, 3.8) is 0 Å². The van der Waals surface area contributed by atoms with Gasteiger partial charge in [0.1, 0.15) is 0 Å². The molecule has 0 heterocycles. The highest BCUT2D eigenvalue weighted by molar-refractivity contribution is 7.90. The summed E-state index contributed by atoms with van der Waals surface area (Å²) in [5.74, 6) is -1.73. The molecular weight excluding hydrogens is 470 g/mol. The minimum absolute atomic E-state index is 0.0545. The summed E-state index contributed by atoms with van der Waals surface area (Å²) in [4.78, 5) is 35.2. The van der Waals surface area contributed by atoms with Crippen molar-refractivity contribution < 1.29 is 27.9 Å². The summed E-state index contributed by atoms with van der Waals surface area (Å²) in [5.41, 5.74) is 1.88. The van der Waals surface area contributed by atoms with Crippen LogP contribution in [0, 0.1) is 0 Å². The Morgan fingerprint density at radius 3 is 2.06 bits per heavy atom. The first-order valence-corrected chi connectivity index (χ1v) is 11.8. The fourth-order valence-corrected chi connectivity index (χ4v) is 4.44. The molecule has 1 amide bonds. The highest BCUT2D eigenvalue weighted by Crippen LogP contribution is 2.26. The van der Waals surface area contributed by atoms with Gasteiger partial charge in [0.05, 0.1) is 21.9 Å². The molecule has 0 aromatic heterocycles. The zero-order valence-corrected chi connectivity index (χ0v) is 19.2. The van der Waals surface area contributed by atoms with Gasteiger partial charge in [-0.2, -0.15) is 12.8 Å². The Kier molecular flexibility index (Phi) is 6.30. The van der Waals surface area contributed by atoms with Crippen LogP contribution in [0.2, 0.25) is 0 Å². The molecule has 1 aliphatic carbocycles. The van der Waals surface area contributed by atoms with Crippen LogP contribution in [0.1, 0.15) is 33.2 Å². The van der Waals surface area contributed by atoms with Gasteiger partial charge in [-0.15, -0.1) is 0 Å². The highest BCUT2D eigenvalue weighted by Gasteiger charge is 2.26. The molecule has 0 radical (unpaired) electrons. The van der Waals surface area contributed by atoms with Crippen molar-refractivity contribution in [1.82, 2.24) is 0 Å². The number of hydrogen-bond acceptors (Lipinski definition) is 6. The van der Waals surface area contributed by atoms with E-state index in [4.69, 9.17) is 5.11 Å². The molecule has 0 saturated heterocycles. The van der Waals surface area contributed by atoms with E-state index in [0.29, 0.717) is 16.9 Å². The maximum absolute atomic E-state index is 13.1. The number of carbonyl (C=O) groups excluding carboxylic acids is 2. The van der Waals surface area contributed by atoms with Crippen LogP contribution >= 0.6 is 0 Å². The molecule has 4 rings (SSSR count). The molecule has 0 fully saturated rings. The summed E-state index contributed by atoms with van der Waals surface area (Å²) in [7, 11) is -4.20. The molecule has 0 bridgehead atoms. The molecule has 35 heavy (non-hydrogen) atoms. The molecule has 176 valence electrons. The largest absolute Gasteiger partial charge is 0.478 e. The molecule has 0 saturated carbocycles. The molecule has 0 aliphatic heterocycles. The van der Waals surface area contributed by atoms with Crippen molar-refractivity contribution in [3.05, 3.63) is 101 Å². The number of fused-ring (bicyclic) bond motifs is 1. The number of anilines is 2. The quantitative estimate of drug-likeness (QED) is 0.479. The summed E-state index contributed by atoms with van der Waals surface area (Å²) in [5, 5.41) is 14.7. The lowest BCUT2D eigenvalue weighted by atomic mass is 9.92. The average Bonchev–Trinajstić information content (AvgIpc) is 2.83. The molecule has 9 nitrogen and oxygen atoms in total. The molecule has 0 atom stereocenters. The fraction of sp³-hybridized carbons (Fsp3) is 0.0400. The SMILES string of the molecule is CC(=O)Nc1ccc(NC2=CC(=NS(=O)(=O)c3ccc(C(=O)O)cc3)c3ccccc3C2=O)cc1. The maximum Gasteiger partial charge on any atom is 0.335 e. The number of ketones is 1. The van der Waals surface area contributed by atoms with Crippen LogP contribution in [0.5, 0.6) is 0 Å².